The van der Waals surface area contributed by atoms with Crippen LogP contribution < -0.4 is 0 Å². The summed E-state index contributed by atoms with van der Waals surface area (Å²) in [5.74, 6) is 0.305. The van der Waals surface area contributed by atoms with Gasteiger partial charge in [-0.15, -0.1) is 0 Å². The van der Waals surface area contributed by atoms with Crippen molar-refractivity contribution in [3.05, 3.63) is 0 Å². The Morgan fingerprint density at radius 3 is 3.08 bits per heavy atom. The summed E-state index contributed by atoms with van der Waals surface area (Å²) in [7, 11) is 0. The molecule has 74 valence electrons. The molecule has 0 aromatic heterocycles. The van der Waals surface area contributed by atoms with Crippen molar-refractivity contribution in [2.45, 2.75) is 38.2 Å². The third kappa shape index (κ3) is 1.85. The van der Waals surface area contributed by atoms with Gasteiger partial charge in [-0.05, 0) is 38.5 Å². The molecule has 3 atom stereocenters. The second-order valence-electron chi connectivity index (χ2n) is 4.66. The van der Waals surface area contributed by atoms with E-state index < -0.39 is 5.60 Å². The monoisotopic (exact) mass is 184 g/mol. The molecule has 2 rings (SSSR count). The fraction of sp³-hybridized carbons (Fsp3) is 0.900. The molecule has 0 aromatic rings. The topological polar surface area (TPSA) is 46.5 Å². The second kappa shape index (κ2) is 2.98. The quantitative estimate of drug-likeness (QED) is 0.573. The number of hydrogen-bond donors (Lipinski definition) is 1. The predicted molar refractivity (Wildman–Crippen MR) is 47.0 cm³/mol. The smallest absolute Gasteiger partial charge is 0.309 e. The van der Waals surface area contributed by atoms with Crippen LogP contribution in [0.1, 0.15) is 32.6 Å². The second-order valence-corrected chi connectivity index (χ2v) is 4.66. The summed E-state index contributed by atoms with van der Waals surface area (Å²) < 4.78 is 5.06. The van der Waals surface area contributed by atoms with Gasteiger partial charge in [-0.25, -0.2) is 0 Å². The third-order valence-corrected chi connectivity index (χ3v) is 3.14. The number of carbonyl (C=O) groups excluding carboxylic acids is 1. The van der Waals surface area contributed by atoms with Crippen molar-refractivity contribution in [1.29, 1.82) is 0 Å². The summed E-state index contributed by atoms with van der Waals surface area (Å²) in [4.78, 5) is 11.4. The molecule has 0 amide bonds. The van der Waals surface area contributed by atoms with Crippen LogP contribution in [0.25, 0.3) is 0 Å². The van der Waals surface area contributed by atoms with E-state index in [1.54, 1.807) is 0 Å². The largest absolute Gasteiger partial charge is 0.465 e. The molecule has 13 heavy (non-hydrogen) atoms. The summed E-state index contributed by atoms with van der Waals surface area (Å²) in [6.45, 7) is 2.36. The van der Waals surface area contributed by atoms with E-state index in [0.29, 0.717) is 18.9 Å². The number of carbonyl (C=O) groups is 1. The molecule has 2 bridgehead atoms. The molecule has 1 aliphatic heterocycles. The average Bonchev–Trinajstić information content (AvgIpc) is 2.11. The number of aliphatic hydroxyl groups is 1. The van der Waals surface area contributed by atoms with Crippen molar-refractivity contribution in [3.63, 3.8) is 0 Å². The highest BCUT2D eigenvalue weighted by Gasteiger charge is 2.40. The summed E-state index contributed by atoms with van der Waals surface area (Å²) in [6, 6.07) is 0. The fourth-order valence-corrected chi connectivity index (χ4v) is 2.65. The van der Waals surface area contributed by atoms with Gasteiger partial charge in [0.1, 0.15) is 0 Å². The van der Waals surface area contributed by atoms with E-state index in [4.69, 9.17) is 4.74 Å². The third-order valence-electron chi connectivity index (χ3n) is 3.14. The van der Waals surface area contributed by atoms with Crippen LogP contribution in [0, 0.1) is 11.8 Å². The lowest BCUT2D eigenvalue weighted by Crippen LogP contribution is -2.38. The summed E-state index contributed by atoms with van der Waals surface area (Å²) in [6.07, 6.45) is 3.22. The minimum atomic E-state index is -0.656. The normalized spacial score (nSPS) is 45.2. The molecule has 1 saturated heterocycles. The first-order valence-corrected chi connectivity index (χ1v) is 4.96. The first-order chi connectivity index (χ1) is 6.07. The van der Waals surface area contributed by atoms with E-state index in [9.17, 15) is 9.90 Å². The number of fused-ring (bicyclic) bond motifs is 2. The highest BCUT2D eigenvalue weighted by atomic mass is 16.5. The summed E-state index contributed by atoms with van der Waals surface area (Å²) >= 11 is 0. The lowest BCUT2D eigenvalue weighted by Gasteiger charge is -2.35. The zero-order valence-electron chi connectivity index (χ0n) is 7.95. The standard InChI is InChI=1S/C10H16O3/c1-10(12)5-7-2-3-13-9(11)8(4-7)6-10/h7-8,12H,2-6H2,1H3. The lowest BCUT2D eigenvalue weighted by molar-refractivity contribution is -0.150. The molecular formula is C10H16O3. The van der Waals surface area contributed by atoms with E-state index in [-0.39, 0.29) is 11.9 Å². The highest BCUT2D eigenvalue weighted by Crippen LogP contribution is 2.39. The van der Waals surface area contributed by atoms with E-state index in [1.165, 1.54) is 0 Å². The zero-order chi connectivity index (χ0) is 9.47. The van der Waals surface area contributed by atoms with Crippen molar-refractivity contribution in [2.24, 2.45) is 11.8 Å². The van der Waals surface area contributed by atoms with Crippen LogP contribution in [-0.2, 0) is 9.53 Å². The SMILES string of the molecule is CC1(O)CC2CCOC(=O)C(C2)C1. The van der Waals surface area contributed by atoms with Crippen LogP contribution in [0.3, 0.4) is 0 Å². The average molecular weight is 184 g/mol. The lowest BCUT2D eigenvalue weighted by atomic mass is 9.73. The molecule has 0 spiro atoms. The number of ether oxygens (including phenoxy) is 1. The molecule has 2 aliphatic rings. The Bertz CT molecular complexity index is 222. The first kappa shape index (κ1) is 9.00. The maximum atomic E-state index is 11.4. The van der Waals surface area contributed by atoms with Crippen LogP contribution in [0.15, 0.2) is 0 Å². The molecule has 1 saturated carbocycles. The molecule has 3 heteroatoms. The van der Waals surface area contributed by atoms with E-state index in [2.05, 4.69) is 0 Å². The minimum Gasteiger partial charge on any atom is -0.465 e. The first-order valence-electron chi connectivity index (χ1n) is 4.96. The van der Waals surface area contributed by atoms with Crippen molar-refractivity contribution in [1.82, 2.24) is 0 Å². The van der Waals surface area contributed by atoms with E-state index in [1.807, 2.05) is 6.92 Å². The number of rotatable bonds is 0. The molecule has 3 unspecified atom stereocenters. The minimum absolute atomic E-state index is 0.0590. The molecule has 3 nitrogen and oxygen atoms in total. The number of cyclic esters (lactones) is 1. The Hall–Kier alpha value is -0.570. The van der Waals surface area contributed by atoms with Gasteiger partial charge >= 0.3 is 5.97 Å². The Morgan fingerprint density at radius 2 is 2.31 bits per heavy atom. The molecule has 1 N–H and O–H groups in total. The molecule has 0 radical (unpaired) electrons. The molecule has 0 aromatic carbocycles. The number of esters is 1. The van der Waals surface area contributed by atoms with Gasteiger partial charge in [-0.2, -0.15) is 0 Å². The van der Waals surface area contributed by atoms with Gasteiger partial charge in [0.15, 0.2) is 0 Å². The van der Waals surface area contributed by atoms with Gasteiger partial charge in [-0.1, -0.05) is 0 Å². The Morgan fingerprint density at radius 1 is 1.54 bits per heavy atom. The molecule has 1 heterocycles. The van der Waals surface area contributed by atoms with Crippen molar-refractivity contribution in [3.8, 4) is 0 Å². The van der Waals surface area contributed by atoms with Crippen LogP contribution in [-0.4, -0.2) is 23.3 Å². The maximum Gasteiger partial charge on any atom is 0.309 e. The fourth-order valence-electron chi connectivity index (χ4n) is 2.65. The van der Waals surface area contributed by atoms with Gasteiger partial charge < -0.3 is 9.84 Å². The molecular weight excluding hydrogens is 168 g/mol. The van der Waals surface area contributed by atoms with Crippen molar-refractivity contribution < 1.29 is 14.6 Å². The van der Waals surface area contributed by atoms with Crippen molar-refractivity contribution >= 4 is 5.97 Å². The van der Waals surface area contributed by atoms with Gasteiger partial charge in [-0.3, -0.25) is 4.79 Å². The van der Waals surface area contributed by atoms with Gasteiger partial charge in [0.2, 0.25) is 0 Å². The molecule has 1 aliphatic carbocycles. The zero-order valence-corrected chi connectivity index (χ0v) is 7.95. The van der Waals surface area contributed by atoms with Gasteiger partial charge in [0.25, 0.3) is 0 Å². The van der Waals surface area contributed by atoms with Gasteiger partial charge in [0.05, 0.1) is 18.1 Å². The Balaban J connectivity index is 2.16. The number of hydrogen-bond acceptors (Lipinski definition) is 3. The summed E-state index contributed by atoms with van der Waals surface area (Å²) in [5.41, 5.74) is -0.656. The Labute approximate surface area is 78.1 Å². The van der Waals surface area contributed by atoms with Crippen molar-refractivity contribution in [2.75, 3.05) is 6.61 Å². The predicted octanol–water partition coefficient (Wildman–Crippen LogP) is 1.10. The Kier molecular flexibility index (Phi) is 2.06. The maximum absolute atomic E-state index is 11.4. The van der Waals surface area contributed by atoms with E-state index >= 15 is 0 Å². The van der Waals surface area contributed by atoms with E-state index in [0.717, 1.165) is 19.3 Å². The van der Waals surface area contributed by atoms with Crippen LogP contribution >= 0.6 is 0 Å². The van der Waals surface area contributed by atoms with Gasteiger partial charge in [0, 0.05) is 0 Å². The summed E-state index contributed by atoms with van der Waals surface area (Å²) in [5, 5.41) is 9.92. The highest BCUT2D eigenvalue weighted by molar-refractivity contribution is 5.73. The van der Waals surface area contributed by atoms with Crippen LogP contribution in [0.2, 0.25) is 0 Å². The molecule has 2 fully saturated rings. The van der Waals surface area contributed by atoms with Crippen LogP contribution in [0.4, 0.5) is 0 Å². The van der Waals surface area contributed by atoms with Crippen LogP contribution in [0.5, 0.6) is 0 Å².